The molecule has 0 saturated carbocycles. The van der Waals surface area contributed by atoms with Crippen LogP contribution >= 0.6 is 11.3 Å². The van der Waals surface area contributed by atoms with Crippen LogP contribution in [0.25, 0.3) is 10.2 Å². The molecule has 2 aromatic rings. The molecule has 0 radical (unpaired) electrons. The predicted octanol–water partition coefficient (Wildman–Crippen LogP) is 3.22. The molecule has 2 heterocycles. The summed E-state index contributed by atoms with van der Waals surface area (Å²) in [4.78, 5) is 7.21. The first kappa shape index (κ1) is 12.9. The maximum atomic E-state index is 4.80. The summed E-state index contributed by atoms with van der Waals surface area (Å²) in [5.41, 5.74) is 2.54. The molecule has 19 heavy (non-hydrogen) atoms. The standard InChI is InChI=1S/C15H21N3S/c1-11(2)12-4-5-13-14(10-12)19-15(17-13)18-8-3-6-16-7-9-18/h4-5,10-11,16H,3,6-9H2,1-2H3. The fraction of sp³-hybridized carbons (Fsp3) is 0.533. The van der Waals surface area contributed by atoms with E-state index in [1.54, 1.807) is 0 Å². The first-order chi connectivity index (χ1) is 9.24. The van der Waals surface area contributed by atoms with Crippen molar-refractivity contribution in [1.29, 1.82) is 0 Å². The van der Waals surface area contributed by atoms with Crippen molar-refractivity contribution in [2.45, 2.75) is 26.2 Å². The molecular weight excluding hydrogens is 254 g/mol. The van der Waals surface area contributed by atoms with Gasteiger partial charge in [-0.05, 0) is 36.6 Å². The van der Waals surface area contributed by atoms with Gasteiger partial charge in [-0.2, -0.15) is 0 Å². The Hall–Kier alpha value is -1.13. The molecule has 0 bridgehead atoms. The van der Waals surface area contributed by atoms with E-state index in [-0.39, 0.29) is 0 Å². The Morgan fingerprint density at radius 1 is 1.26 bits per heavy atom. The van der Waals surface area contributed by atoms with Crippen LogP contribution < -0.4 is 10.2 Å². The van der Waals surface area contributed by atoms with E-state index in [9.17, 15) is 0 Å². The van der Waals surface area contributed by atoms with Crippen molar-refractivity contribution >= 4 is 26.7 Å². The largest absolute Gasteiger partial charge is 0.347 e. The molecule has 1 saturated heterocycles. The average Bonchev–Trinajstić information content (AvgIpc) is 2.64. The first-order valence-electron chi connectivity index (χ1n) is 7.10. The van der Waals surface area contributed by atoms with Crippen molar-refractivity contribution in [2.24, 2.45) is 0 Å². The Bertz CT molecular complexity index is 554. The Morgan fingerprint density at radius 3 is 3.00 bits per heavy atom. The molecule has 0 atom stereocenters. The molecule has 3 nitrogen and oxygen atoms in total. The van der Waals surface area contributed by atoms with Crippen molar-refractivity contribution in [2.75, 3.05) is 31.1 Å². The third kappa shape index (κ3) is 2.74. The third-order valence-electron chi connectivity index (χ3n) is 3.68. The van der Waals surface area contributed by atoms with Crippen LogP contribution in [0.4, 0.5) is 5.13 Å². The van der Waals surface area contributed by atoms with Crippen molar-refractivity contribution < 1.29 is 0 Å². The Balaban J connectivity index is 1.92. The van der Waals surface area contributed by atoms with Crippen LogP contribution in [0.3, 0.4) is 0 Å². The zero-order chi connectivity index (χ0) is 13.2. The Labute approximate surface area is 118 Å². The van der Waals surface area contributed by atoms with E-state index in [1.165, 1.54) is 21.8 Å². The monoisotopic (exact) mass is 275 g/mol. The lowest BCUT2D eigenvalue weighted by Crippen LogP contribution is -2.27. The second-order valence-corrected chi connectivity index (χ2v) is 6.48. The van der Waals surface area contributed by atoms with E-state index in [0.29, 0.717) is 5.92 Å². The number of nitrogens with one attached hydrogen (secondary N) is 1. The normalized spacial score (nSPS) is 17.1. The molecule has 1 aromatic heterocycles. The van der Waals surface area contributed by atoms with E-state index in [4.69, 9.17) is 4.98 Å². The summed E-state index contributed by atoms with van der Waals surface area (Å²) in [6.45, 7) is 8.85. The molecular formula is C15H21N3S. The lowest BCUT2D eigenvalue weighted by Gasteiger charge is -2.17. The van der Waals surface area contributed by atoms with Gasteiger partial charge in [-0.25, -0.2) is 4.98 Å². The highest BCUT2D eigenvalue weighted by Crippen LogP contribution is 2.31. The molecule has 1 aliphatic rings. The van der Waals surface area contributed by atoms with Gasteiger partial charge in [0.15, 0.2) is 5.13 Å². The lowest BCUT2D eigenvalue weighted by molar-refractivity contribution is 0.724. The number of anilines is 1. The summed E-state index contributed by atoms with van der Waals surface area (Å²) in [6, 6.07) is 6.68. The first-order valence-corrected chi connectivity index (χ1v) is 7.92. The van der Waals surface area contributed by atoms with Crippen LogP contribution in [-0.2, 0) is 0 Å². The topological polar surface area (TPSA) is 28.2 Å². The van der Waals surface area contributed by atoms with Crippen LogP contribution in [0.1, 0.15) is 31.7 Å². The van der Waals surface area contributed by atoms with Crippen LogP contribution in [0, 0.1) is 0 Å². The molecule has 0 aliphatic carbocycles. The lowest BCUT2D eigenvalue weighted by atomic mass is 10.0. The van der Waals surface area contributed by atoms with Crippen LogP contribution in [0.15, 0.2) is 18.2 Å². The predicted molar refractivity (Wildman–Crippen MR) is 83.4 cm³/mol. The number of thiazole rings is 1. The average molecular weight is 275 g/mol. The number of hydrogen-bond donors (Lipinski definition) is 1. The molecule has 3 rings (SSSR count). The van der Waals surface area contributed by atoms with Crippen LogP contribution in [0.2, 0.25) is 0 Å². The number of fused-ring (bicyclic) bond motifs is 1. The maximum Gasteiger partial charge on any atom is 0.186 e. The maximum absolute atomic E-state index is 4.80. The third-order valence-corrected chi connectivity index (χ3v) is 4.76. The molecule has 1 aliphatic heterocycles. The second-order valence-electron chi connectivity index (χ2n) is 5.47. The molecule has 102 valence electrons. The second kappa shape index (κ2) is 5.47. The van der Waals surface area contributed by atoms with Gasteiger partial charge in [0.2, 0.25) is 0 Å². The van der Waals surface area contributed by atoms with Gasteiger partial charge in [0.25, 0.3) is 0 Å². The summed E-state index contributed by atoms with van der Waals surface area (Å²) < 4.78 is 1.32. The highest BCUT2D eigenvalue weighted by atomic mass is 32.1. The number of aromatic nitrogens is 1. The fourth-order valence-corrected chi connectivity index (χ4v) is 3.53. The number of benzene rings is 1. The van der Waals surface area contributed by atoms with E-state index in [1.807, 2.05) is 11.3 Å². The van der Waals surface area contributed by atoms with Crippen molar-refractivity contribution in [3.05, 3.63) is 23.8 Å². The van der Waals surface area contributed by atoms with Crippen molar-refractivity contribution in [1.82, 2.24) is 10.3 Å². The van der Waals surface area contributed by atoms with Crippen LogP contribution in [-0.4, -0.2) is 31.2 Å². The van der Waals surface area contributed by atoms with Gasteiger partial charge in [-0.15, -0.1) is 0 Å². The van der Waals surface area contributed by atoms with Gasteiger partial charge in [0, 0.05) is 19.6 Å². The molecule has 1 aromatic carbocycles. The summed E-state index contributed by atoms with van der Waals surface area (Å²) in [5.74, 6) is 0.581. The minimum Gasteiger partial charge on any atom is -0.347 e. The molecule has 0 spiro atoms. The SMILES string of the molecule is CC(C)c1ccc2nc(N3CCCNCC3)sc2c1. The number of hydrogen-bond acceptors (Lipinski definition) is 4. The zero-order valence-corrected chi connectivity index (χ0v) is 12.5. The molecule has 1 fully saturated rings. The van der Waals surface area contributed by atoms with Gasteiger partial charge in [-0.3, -0.25) is 0 Å². The summed E-state index contributed by atoms with van der Waals surface area (Å²) in [7, 11) is 0. The zero-order valence-electron chi connectivity index (χ0n) is 11.6. The Kier molecular flexibility index (Phi) is 3.71. The smallest absolute Gasteiger partial charge is 0.186 e. The summed E-state index contributed by atoms with van der Waals surface area (Å²) in [5, 5.41) is 4.62. The molecule has 0 amide bonds. The molecule has 0 unspecified atom stereocenters. The molecule has 4 heteroatoms. The van der Waals surface area contributed by atoms with Gasteiger partial charge in [-0.1, -0.05) is 31.3 Å². The van der Waals surface area contributed by atoms with Crippen molar-refractivity contribution in [3.8, 4) is 0 Å². The van der Waals surface area contributed by atoms with E-state index in [0.717, 1.165) is 31.7 Å². The summed E-state index contributed by atoms with van der Waals surface area (Å²) in [6.07, 6.45) is 1.20. The van der Waals surface area contributed by atoms with E-state index >= 15 is 0 Å². The Morgan fingerprint density at radius 2 is 2.16 bits per heavy atom. The van der Waals surface area contributed by atoms with Gasteiger partial charge in [0.05, 0.1) is 10.2 Å². The fourth-order valence-electron chi connectivity index (χ4n) is 2.46. The highest BCUT2D eigenvalue weighted by Gasteiger charge is 2.14. The minimum absolute atomic E-state index is 0.581. The van der Waals surface area contributed by atoms with Gasteiger partial charge in [0.1, 0.15) is 0 Å². The van der Waals surface area contributed by atoms with E-state index in [2.05, 4.69) is 42.3 Å². The quantitative estimate of drug-likeness (QED) is 0.912. The van der Waals surface area contributed by atoms with Gasteiger partial charge < -0.3 is 10.2 Å². The summed E-state index contributed by atoms with van der Waals surface area (Å²) >= 11 is 1.83. The number of rotatable bonds is 2. The van der Waals surface area contributed by atoms with E-state index < -0.39 is 0 Å². The van der Waals surface area contributed by atoms with Crippen LogP contribution in [0.5, 0.6) is 0 Å². The van der Waals surface area contributed by atoms with Gasteiger partial charge >= 0.3 is 0 Å². The van der Waals surface area contributed by atoms with Crippen molar-refractivity contribution in [3.63, 3.8) is 0 Å². The molecule has 1 N–H and O–H groups in total. The minimum atomic E-state index is 0.581. The number of nitrogens with zero attached hydrogens (tertiary/aromatic N) is 2. The highest BCUT2D eigenvalue weighted by molar-refractivity contribution is 7.22.